The number of carbonyl (C=O) groups excluding carboxylic acids is 1. The van der Waals surface area contributed by atoms with E-state index in [1.807, 2.05) is 36.4 Å². The van der Waals surface area contributed by atoms with Crippen molar-refractivity contribution in [3.8, 4) is 0 Å². The molecule has 0 radical (unpaired) electrons. The predicted octanol–water partition coefficient (Wildman–Crippen LogP) is 7.59. The number of hydrogen-bond donors (Lipinski definition) is 0. The van der Waals surface area contributed by atoms with Crippen LogP contribution in [0, 0.1) is 5.41 Å². The zero-order chi connectivity index (χ0) is 23.6. The molecule has 0 N–H and O–H groups in total. The Morgan fingerprint density at radius 3 is 2.55 bits per heavy atom. The van der Waals surface area contributed by atoms with Crippen molar-refractivity contribution >= 4 is 29.1 Å². The molecule has 2 fully saturated rings. The third-order valence-electron chi connectivity index (χ3n) is 7.35. The highest BCUT2D eigenvalue weighted by molar-refractivity contribution is 6.30. The first-order valence-electron chi connectivity index (χ1n) is 11.9. The zero-order valence-electron chi connectivity index (χ0n) is 19.5. The van der Waals surface area contributed by atoms with Gasteiger partial charge in [-0.05, 0) is 67.5 Å². The second-order valence-electron chi connectivity index (χ2n) is 9.65. The summed E-state index contributed by atoms with van der Waals surface area (Å²) in [5, 5.41) is 1.40. The number of benzene rings is 2. The van der Waals surface area contributed by atoms with Crippen LogP contribution in [-0.2, 0) is 9.53 Å². The summed E-state index contributed by atoms with van der Waals surface area (Å²) in [6, 6.07) is 15.9. The number of amides is 1. The minimum atomic E-state index is -0.538. The van der Waals surface area contributed by atoms with E-state index in [4.69, 9.17) is 27.9 Å². The van der Waals surface area contributed by atoms with E-state index in [1.54, 1.807) is 0 Å². The average Bonchev–Trinajstić information content (AvgIpc) is 3.33. The van der Waals surface area contributed by atoms with Gasteiger partial charge in [-0.2, -0.15) is 0 Å². The summed E-state index contributed by atoms with van der Waals surface area (Å²) in [5.41, 5.74) is 1.70. The van der Waals surface area contributed by atoms with Crippen molar-refractivity contribution in [1.29, 1.82) is 0 Å². The Hall–Kier alpha value is -1.81. The number of allylic oxidation sites excluding steroid dienone is 1. The molecule has 176 valence electrons. The van der Waals surface area contributed by atoms with Gasteiger partial charge >= 0.3 is 0 Å². The Kier molecular flexibility index (Phi) is 7.53. The van der Waals surface area contributed by atoms with E-state index in [0.29, 0.717) is 16.5 Å². The summed E-state index contributed by atoms with van der Waals surface area (Å²) in [4.78, 5) is 16.4. The van der Waals surface area contributed by atoms with Gasteiger partial charge in [0, 0.05) is 22.6 Å². The first-order chi connectivity index (χ1) is 15.9. The molecule has 2 unspecified atom stereocenters. The van der Waals surface area contributed by atoms with Crippen molar-refractivity contribution in [3.63, 3.8) is 0 Å². The Labute approximate surface area is 207 Å². The molecule has 2 aromatic carbocycles. The van der Waals surface area contributed by atoms with Crippen molar-refractivity contribution in [2.24, 2.45) is 5.41 Å². The summed E-state index contributed by atoms with van der Waals surface area (Å²) < 4.78 is 6.14. The molecule has 0 aromatic heterocycles. The lowest BCUT2D eigenvalue weighted by molar-refractivity contribution is -0.158. The fraction of sp³-hybridized carbons (Fsp3) is 0.464. The molecule has 0 bridgehead atoms. The molecule has 2 heterocycles. The minimum absolute atomic E-state index is 0.00630. The van der Waals surface area contributed by atoms with E-state index in [1.165, 1.54) is 0 Å². The summed E-state index contributed by atoms with van der Waals surface area (Å²) in [6.45, 7) is 8.97. The normalized spacial score (nSPS) is 28.7. The number of hydrogen-bond acceptors (Lipinski definition) is 2. The van der Waals surface area contributed by atoms with Gasteiger partial charge in [0.05, 0.1) is 23.6 Å². The van der Waals surface area contributed by atoms with Crippen LogP contribution in [-0.4, -0.2) is 29.6 Å². The Morgan fingerprint density at radius 2 is 1.94 bits per heavy atom. The third-order valence-corrected chi connectivity index (χ3v) is 7.84. The molecule has 5 heteroatoms. The highest BCUT2D eigenvalue weighted by atomic mass is 35.5. The molecular weight excluding hydrogens is 453 g/mol. The topological polar surface area (TPSA) is 29.5 Å². The molecule has 2 aromatic rings. The molecule has 1 amide bonds. The lowest BCUT2D eigenvalue weighted by atomic mass is 9.66. The fourth-order valence-electron chi connectivity index (χ4n) is 5.80. The van der Waals surface area contributed by atoms with Crippen LogP contribution in [0.25, 0.3) is 0 Å². The Bertz CT molecular complexity index is 986. The summed E-state index contributed by atoms with van der Waals surface area (Å²) in [7, 11) is 0. The van der Waals surface area contributed by atoms with Crippen LogP contribution in [0.5, 0.6) is 0 Å². The van der Waals surface area contributed by atoms with E-state index in [-0.39, 0.29) is 30.0 Å². The monoisotopic (exact) mass is 485 g/mol. The summed E-state index contributed by atoms with van der Waals surface area (Å²) in [6.07, 6.45) is 6.15. The van der Waals surface area contributed by atoms with Gasteiger partial charge in [0.2, 0.25) is 5.91 Å². The molecule has 33 heavy (non-hydrogen) atoms. The van der Waals surface area contributed by atoms with Crippen molar-refractivity contribution in [3.05, 3.63) is 82.4 Å². The van der Waals surface area contributed by atoms with Gasteiger partial charge in [-0.25, -0.2) is 0 Å². The molecule has 3 nitrogen and oxygen atoms in total. The Morgan fingerprint density at radius 1 is 1.18 bits per heavy atom. The molecule has 2 aliphatic heterocycles. The minimum Gasteiger partial charge on any atom is -0.376 e. The molecule has 0 saturated carbocycles. The largest absolute Gasteiger partial charge is 0.376 e. The molecular formula is C28H33Cl2NO2. The number of likely N-dealkylation sites (tertiary alicyclic amines) is 1. The maximum absolute atomic E-state index is 14.3. The summed E-state index contributed by atoms with van der Waals surface area (Å²) in [5.74, 6) is 0.269. The van der Waals surface area contributed by atoms with Gasteiger partial charge < -0.3 is 9.64 Å². The molecule has 2 aliphatic rings. The lowest BCUT2D eigenvalue weighted by Gasteiger charge is -2.53. The van der Waals surface area contributed by atoms with Crippen LogP contribution in [0.15, 0.2) is 61.2 Å². The SMILES string of the molecule is C=CC[C@@]1(C)C[C@H](c2cccc(Cl)c2)C(c2ccc(Cl)cc2)N([C@@H](CC)C2CCCO2)C1=O. The quantitative estimate of drug-likeness (QED) is 0.378. The van der Waals surface area contributed by atoms with Crippen LogP contribution in [0.1, 0.15) is 69.0 Å². The van der Waals surface area contributed by atoms with Crippen LogP contribution < -0.4 is 0 Å². The van der Waals surface area contributed by atoms with Gasteiger partial charge in [-0.15, -0.1) is 6.58 Å². The molecule has 4 rings (SSSR count). The number of piperidine rings is 1. The highest BCUT2D eigenvalue weighted by Gasteiger charge is 2.52. The van der Waals surface area contributed by atoms with Crippen molar-refractivity contribution in [2.75, 3.05) is 6.61 Å². The van der Waals surface area contributed by atoms with E-state index in [0.717, 1.165) is 43.4 Å². The molecule has 5 atom stereocenters. The average molecular weight is 486 g/mol. The highest BCUT2D eigenvalue weighted by Crippen LogP contribution is 2.52. The van der Waals surface area contributed by atoms with E-state index < -0.39 is 5.41 Å². The molecule has 0 aliphatic carbocycles. The second kappa shape index (κ2) is 10.2. The zero-order valence-corrected chi connectivity index (χ0v) is 21.0. The lowest BCUT2D eigenvalue weighted by Crippen LogP contribution is -2.58. The van der Waals surface area contributed by atoms with Gasteiger partial charge in [0.1, 0.15) is 0 Å². The van der Waals surface area contributed by atoms with Gasteiger partial charge in [0.15, 0.2) is 0 Å². The number of carbonyl (C=O) groups is 1. The van der Waals surface area contributed by atoms with Crippen molar-refractivity contribution in [2.45, 2.75) is 70.1 Å². The molecule has 0 spiro atoms. The third kappa shape index (κ3) is 4.87. The number of ether oxygens (including phenoxy) is 1. The van der Waals surface area contributed by atoms with Crippen LogP contribution in [0.2, 0.25) is 10.0 Å². The van der Waals surface area contributed by atoms with Gasteiger partial charge in [0.25, 0.3) is 0 Å². The summed E-state index contributed by atoms with van der Waals surface area (Å²) >= 11 is 12.7. The van der Waals surface area contributed by atoms with Crippen molar-refractivity contribution in [1.82, 2.24) is 4.90 Å². The van der Waals surface area contributed by atoms with Crippen LogP contribution in [0.3, 0.4) is 0 Å². The number of nitrogens with zero attached hydrogens (tertiary/aromatic N) is 1. The second-order valence-corrected chi connectivity index (χ2v) is 10.5. The standard InChI is InChI=1S/C28H33Cl2NO2/c1-4-15-28(3)18-23(20-8-6-9-22(30)17-20)26(19-11-13-21(29)14-12-19)31(27(28)32)24(5-2)25-10-7-16-33-25/h4,6,8-9,11-14,17,23-26H,1,5,7,10,15-16,18H2,2-3H3/t23-,24+,25?,26?,28+/m1/s1. The predicted molar refractivity (Wildman–Crippen MR) is 136 cm³/mol. The van der Waals surface area contributed by atoms with E-state index in [9.17, 15) is 4.79 Å². The number of halogens is 2. The molecule has 2 saturated heterocycles. The van der Waals surface area contributed by atoms with E-state index >= 15 is 0 Å². The first-order valence-corrected chi connectivity index (χ1v) is 12.7. The first kappa shape index (κ1) is 24.3. The van der Waals surface area contributed by atoms with Gasteiger partial charge in [-0.1, -0.05) is 67.4 Å². The van der Waals surface area contributed by atoms with E-state index in [2.05, 4.69) is 43.5 Å². The maximum Gasteiger partial charge on any atom is 0.229 e. The smallest absolute Gasteiger partial charge is 0.229 e. The maximum atomic E-state index is 14.3. The number of rotatable bonds is 7. The Balaban J connectivity index is 1.89. The fourth-order valence-corrected chi connectivity index (χ4v) is 6.12. The van der Waals surface area contributed by atoms with Crippen LogP contribution >= 0.6 is 23.2 Å². The van der Waals surface area contributed by atoms with Gasteiger partial charge in [-0.3, -0.25) is 4.79 Å². The van der Waals surface area contributed by atoms with Crippen molar-refractivity contribution < 1.29 is 9.53 Å². The van der Waals surface area contributed by atoms with Crippen LogP contribution in [0.4, 0.5) is 0 Å².